The maximum absolute atomic E-state index is 12.3. The predicted molar refractivity (Wildman–Crippen MR) is 115 cm³/mol. The van der Waals surface area contributed by atoms with Gasteiger partial charge in [0.25, 0.3) is 5.91 Å². The molecule has 0 aliphatic heterocycles. The summed E-state index contributed by atoms with van der Waals surface area (Å²) in [6, 6.07) is 11.5. The molecule has 2 heterocycles. The Bertz CT molecular complexity index is 935. The number of hydrogen-bond donors (Lipinski definition) is 2. The first-order valence-corrected chi connectivity index (χ1v) is 11.0. The second kappa shape index (κ2) is 9.61. The van der Waals surface area contributed by atoms with Crippen molar-refractivity contribution in [3.8, 4) is 9.88 Å². The van der Waals surface area contributed by atoms with Crippen molar-refractivity contribution in [3.63, 3.8) is 0 Å². The normalized spacial score (nSPS) is 11.8. The highest BCUT2D eigenvalue weighted by molar-refractivity contribution is 7.20. The average molecular weight is 414 g/mol. The number of benzene rings is 1. The van der Waals surface area contributed by atoms with Gasteiger partial charge in [-0.2, -0.15) is 0 Å². The van der Waals surface area contributed by atoms with Gasteiger partial charge in [-0.3, -0.25) is 9.59 Å². The standard InChI is InChI=1S/C21H23N3O2S2/c1-3-14(2)23-20(26)16-7-4-6-15(10-16)12-22-19(25)11-17-13-28-21(24-17)18-8-5-9-27-18/h4-10,13-14H,3,11-12H2,1-2H3,(H,22,25)(H,23,26). The Balaban J connectivity index is 1.53. The zero-order valence-corrected chi connectivity index (χ0v) is 17.5. The SMILES string of the molecule is CCC(C)NC(=O)c1cccc(CNC(=O)Cc2csc(-c3cccs3)n2)c1. The van der Waals surface area contributed by atoms with Gasteiger partial charge in [-0.05, 0) is 42.5 Å². The van der Waals surface area contributed by atoms with Crippen LogP contribution < -0.4 is 10.6 Å². The molecular formula is C21H23N3O2S2. The van der Waals surface area contributed by atoms with Crippen molar-refractivity contribution >= 4 is 34.5 Å². The van der Waals surface area contributed by atoms with E-state index in [-0.39, 0.29) is 24.3 Å². The zero-order chi connectivity index (χ0) is 19.9. The Hall–Kier alpha value is -2.51. The Kier molecular flexibility index (Phi) is 6.95. The topological polar surface area (TPSA) is 71.1 Å². The van der Waals surface area contributed by atoms with Crippen LogP contribution in [0, 0.1) is 0 Å². The summed E-state index contributed by atoms with van der Waals surface area (Å²) in [5.74, 6) is -0.177. The van der Waals surface area contributed by atoms with E-state index in [1.54, 1.807) is 28.7 Å². The van der Waals surface area contributed by atoms with Crippen molar-refractivity contribution in [1.29, 1.82) is 0 Å². The van der Waals surface area contributed by atoms with E-state index < -0.39 is 0 Å². The van der Waals surface area contributed by atoms with E-state index in [0.29, 0.717) is 12.1 Å². The highest BCUT2D eigenvalue weighted by Crippen LogP contribution is 2.27. The molecule has 5 nitrogen and oxygen atoms in total. The quantitative estimate of drug-likeness (QED) is 0.580. The second-order valence-corrected chi connectivity index (χ2v) is 8.36. The third kappa shape index (κ3) is 5.50. The van der Waals surface area contributed by atoms with E-state index in [1.165, 1.54) is 0 Å². The lowest BCUT2D eigenvalue weighted by molar-refractivity contribution is -0.120. The third-order valence-corrected chi connectivity index (χ3v) is 6.22. The summed E-state index contributed by atoms with van der Waals surface area (Å²) >= 11 is 3.19. The molecule has 7 heteroatoms. The van der Waals surface area contributed by atoms with Crippen molar-refractivity contribution in [1.82, 2.24) is 15.6 Å². The van der Waals surface area contributed by atoms with Crippen LogP contribution in [-0.2, 0) is 17.8 Å². The highest BCUT2D eigenvalue weighted by Gasteiger charge is 2.11. The first-order chi connectivity index (χ1) is 13.5. The van der Waals surface area contributed by atoms with E-state index in [1.807, 2.05) is 54.9 Å². The van der Waals surface area contributed by atoms with Gasteiger partial charge >= 0.3 is 0 Å². The molecule has 1 aromatic carbocycles. The second-order valence-electron chi connectivity index (χ2n) is 6.56. The smallest absolute Gasteiger partial charge is 0.251 e. The zero-order valence-electron chi connectivity index (χ0n) is 15.9. The van der Waals surface area contributed by atoms with Crippen molar-refractivity contribution < 1.29 is 9.59 Å². The number of thiazole rings is 1. The fourth-order valence-corrected chi connectivity index (χ4v) is 4.19. The van der Waals surface area contributed by atoms with Crippen molar-refractivity contribution in [2.75, 3.05) is 0 Å². The highest BCUT2D eigenvalue weighted by atomic mass is 32.1. The number of nitrogens with one attached hydrogen (secondary N) is 2. The minimum atomic E-state index is -0.0916. The molecular weight excluding hydrogens is 390 g/mol. The van der Waals surface area contributed by atoms with Crippen molar-refractivity contribution in [2.24, 2.45) is 0 Å². The fourth-order valence-electron chi connectivity index (χ4n) is 2.56. The molecule has 2 N–H and O–H groups in total. The number of amides is 2. The number of carbonyl (C=O) groups is 2. The number of thiophene rings is 1. The van der Waals surface area contributed by atoms with E-state index in [0.717, 1.165) is 27.6 Å². The minimum Gasteiger partial charge on any atom is -0.352 e. The summed E-state index contributed by atoms with van der Waals surface area (Å²) in [6.07, 6.45) is 1.13. The molecule has 0 aliphatic carbocycles. The van der Waals surface area contributed by atoms with Crippen LogP contribution in [0.3, 0.4) is 0 Å². The lowest BCUT2D eigenvalue weighted by Crippen LogP contribution is -2.32. The Morgan fingerprint density at radius 2 is 2.04 bits per heavy atom. The first kappa shape index (κ1) is 20.2. The summed E-state index contributed by atoms with van der Waals surface area (Å²) < 4.78 is 0. The third-order valence-electron chi connectivity index (χ3n) is 4.29. The lowest BCUT2D eigenvalue weighted by Gasteiger charge is -2.12. The van der Waals surface area contributed by atoms with Gasteiger partial charge in [0, 0.05) is 23.5 Å². The van der Waals surface area contributed by atoms with Crippen LogP contribution in [0.5, 0.6) is 0 Å². The van der Waals surface area contributed by atoms with Crippen molar-refractivity contribution in [2.45, 2.75) is 39.3 Å². The molecule has 2 aromatic heterocycles. The van der Waals surface area contributed by atoms with E-state index in [4.69, 9.17) is 0 Å². The molecule has 0 saturated carbocycles. The summed E-state index contributed by atoms with van der Waals surface area (Å²) in [5.41, 5.74) is 2.27. The molecule has 3 rings (SSSR count). The first-order valence-electron chi connectivity index (χ1n) is 9.20. The van der Waals surface area contributed by atoms with Crippen LogP contribution >= 0.6 is 22.7 Å². The summed E-state index contributed by atoms with van der Waals surface area (Å²) in [5, 5.41) is 10.7. The summed E-state index contributed by atoms with van der Waals surface area (Å²) in [7, 11) is 0. The van der Waals surface area contributed by atoms with Crippen LogP contribution in [0.1, 0.15) is 41.9 Å². The fraction of sp³-hybridized carbons (Fsp3) is 0.286. The van der Waals surface area contributed by atoms with Gasteiger partial charge in [-0.1, -0.05) is 25.1 Å². The number of nitrogens with zero attached hydrogens (tertiary/aromatic N) is 1. The lowest BCUT2D eigenvalue weighted by atomic mass is 10.1. The minimum absolute atomic E-state index is 0.0857. The number of hydrogen-bond acceptors (Lipinski definition) is 5. The molecule has 0 saturated heterocycles. The molecule has 146 valence electrons. The Labute approximate surface area is 172 Å². The summed E-state index contributed by atoms with van der Waals surface area (Å²) in [6.45, 7) is 4.39. The van der Waals surface area contributed by atoms with Crippen LogP contribution in [0.25, 0.3) is 9.88 Å². The van der Waals surface area contributed by atoms with Crippen LogP contribution in [0.2, 0.25) is 0 Å². The molecule has 0 radical (unpaired) electrons. The molecule has 0 spiro atoms. The molecule has 1 unspecified atom stereocenters. The van der Waals surface area contributed by atoms with Gasteiger partial charge < -0.3 is 10.6 Å². The molecule has 3 aromatic rings. The molecule has 0 fully saturated rings. The van der Waals surface area contributed by atoms with Gasteiger partial charge in [0.1, 0.15) is 5.01 Å². The molecule has 1 atom stereocenters. The Morgan fingerprint density at radius 3 is 2.79 bits per heavy atom. The predicted octanol–water partition coefficient (Wildman–Crippen LogP) is 4.26. The van der Waals surface area contributed by atoms with E-state index in [2.05, 4.69) is 15.6 Å². The molecule has 28 heavy (non-hydrogen) atoms. The molecule has 0 bridgehead atoms. The van der Waals surface area contributed by atoms with E-state index >= 15 is 0 Å². The van der Waals surface area contributed by atoms with Crippen molar-refractivity contribution in [3.05, 3.63) is 64.0 Å². The average Bonchev–Trinajstić information content (AvgIpc) is 3.38. The summed E-state index contributed by atoms with van der Waals surface area (Å²) in [4.78, 5) is 30.2. The van der Waals surface area contributed by atoms with Gasteiger partial charge in [0.15, 0.2) is 0 Å². The van der Waals surface area contributed by atoms with Crippen LogP contribution in [0.15, 0.2) is 47.2 Å². The monoisotopic (exact) mass is 413 g/mol. The largest absolute Gasteiger partial charge is 0.352 e. The van der Waals surface area contributed by atoms with Gasteiger partial charge in [0.05, 0.1) is 17.0 Å². The number of rotatable bonds is 8. The van der Waals surface area contributed by atoms with Crippen LogP contribution in [0.4, 0.5) is 0 Å². The maximum Gasteiger partial charge on any atom is 0.251 e. The molecule has 2 amide bonds. The Morgan fingerprint density at radius 1 is 1.18 bits per heavy atom. The number of carbonyl (C=O) groups excluding carboxylic acids is 2. The van der Waals surface area contributed by atoms with Gasteiger partial charge in [0.2, 0.25) is 5.91 Å². The maximum atomic E-state index is 12.3. The molecule has 0 aliphatic rings. The van der Waals surface area contributed by atoms with Gasteiger partial charge in [-0.25, -0.2) is 4.98 Å². The van der Waals surface area contributed by atoms with Gasteiger partial charge in [-0.15, -0.1) is 22.7 Å². The number of aromatic nitrogens is 1. The van der Waals surface area contributed by atoms with E-state index in [9.17, 15) is 9.59 Å². The van der Waals surface area contributed by atoms with Crippen LogP contribution in [-0.4, -0.2) is 22.8 Å².